The van der Waals surface area contributed by atoms with Crippen LogP contribution in [0.2, 0.25) is 5.02 Å². The Kier molecular flexibility index (Phi) is 8.33. The Morgan fingerprint density at radius 2 is 1.80 bits per heavy atom. The smallest absolute Gasteiger partial charge is 0.214 e. The highest BCUT2D eigenvalue weighted by Crippen LogP contribution is 2.24. The van der Waals surface area contributed by atoms with Crippen LogP contribution in [0.5, 0.6) is 0 Å². The van der Waals surface area contributed by atoms with E-state index in [0.717, 1.165) is 51.7 Å². The molecule has 4 rings (SSSR count). The summed E-state index contributed by atoms with van der Waals surface area (Å²) in [6, 6.07) is 21.5. The molecule has 2 heterocycles. The summed E-state index contributed by atoms with van der Waals surface area (Å²) < 4.78 is 7.66. The Labute approximate surface area is 190 Å². The fourth-order valence-corrected chi connectivity index (χ4v) is 3.77. The van der Waals surface area contributed by atoms with Crippen LogP contribution in [0.3, 0.4) is 0 Å². The summed E-state index contributed by atoms with van der Waals surface area (Å²) >= 11 is 7.58. The number of para-hydroxylation sites is 1. The van der Waals surface area contributed by atoms with Gasteiger partial charge in [0.15, 0.2) is 0 Å². The molecule has 4 aromatic rings. The maximum Gasteiger partial charge on any atom is 0.214 e. The standard InChI is InChI=1S/C21H20ClN5OS.ClH/c22-17-9-7-16(8-10-17)20-12-11-19(28-20)15-23-13-4-14-29-21-24-25-26-27(21)18-5-2-1-3-6-18;/h1-3,5-12,23H,4,13-15H2;1H. The van der Waals surface area contributed by atoms with E-state index in [2.05, 4.69) is 20.8 Å². The molecule has 2 aromatic carbocycles. The van der Waals surface area contributed by atoms with Crippen LogP contribution >= 0.6 is 35.8 Å². The maximum atomic E-state index is 5.93. The highest BCUT2D eigenvalue weighted by molar-refractivity contribution is 7.99. The van der Waals surface area contributed by atoms with Gasteiger partial charge in [0.25, 0.3) is 0 Å². The molecule has 6 nitrogen and oxygen atoms in total. The Morgan fingerprint density at radius 1 is 1.00 bits per heavy atom. The van der Waals surface area contributed by atoms with Gasteiger partial charge in [-0.3, -0.25) is 0 Å². The molecule has 156 valence electrons. The summed E-state index contributed by atoms with van der Waals surface area (Å²) in [5.41, 5.74) is 1.99. The zero-order chi connectivity index (χ0) is 19.9. The molecule has 0 bridgehead atoms. The van der Waals surface area contributed by atoms with Crippen LogP contribution in [0.1, 0.15) is 12.2 Å². The number of nitrogens with one attached hydrogen (secondary N) is 1. The summed E-state index contributed by atoms with van der Waals surface area (Å²) in [7, 11) is 0. The predicted octanol–water partition coefficient (Wildman–Crippen LogP) is 5.27. The van der Waals surface area contributed by atoms with Crippen LogP contribution in [0.4, 0.5) is 0 Å². The normalized spacial score (nSPS) is 10.7. The predicted molar refractivity (Wildman–Crippen MR) is 123 cm³/mol. The van der Waals surface area contributed by atoms with E-state index in [0.29, 0.717) is 6.54 Å². The molecule has 0 radical (unpaired) electrons. The van der Waals surface area contributed by atoms with Gasteiger partial charge in [0.1, 0.15) is 11.5 Å². The number of furan rings is 1. The Bertz CT molecular complexity index is 1040. The van der Waals surface area contributed by atoms with E-state index in [4.69, 9.17) is 16.0 Å². The molecule has 0 fully saturated rings. The van der Waals surface area contributed by atoms with Crippen LogP contribution in [0.15, 0.2) is 76.3 Å². The second-order valence-electron chi connectivity index (χ2n) is 6.36. The summed E-state index contributed by atoms with van der Waals surface area (Å²) in [6.45, 7) is 1.58. The Balaban J connectivity index is 0.00000256. The monoisotopic (exact) mass is 461 g/mol. The first-order valence-electron chi connectivity index (χ1n) is 9.31. The van der Waals surface area contributed by atoms with E-state index in [1.165, 1.54) is 0 Å². The van der Waals surface area contributed by atoms with Gasteiger partial charge in [-0.25, -0.2) is 0 Å². The van der Waals surface area contributed by atoms with Crippen molar-refractivity contribution in [2.75, 3.05) is 12.3 Å². The van der Waals surface area contributed by atoms with Gasteiger partial charge in [0.05, 0.1) is 12.2 Å². The van der Waals surface area contributed by atoms with Crippen molar-refractivity contribution in [3.8, 4) is 17.0 Å². The lowest BCUT2D eigenvalue weighted by molar-refractivity contribution is 0.494. The van der Waals surface area contributed by atoms with Gasteiger partial charge in [0, 0.05) is 16.3 Å². The number of rotatable bonds is 9. The first kappa shape index (κ1) is 22.4. The quantitative estimate of drug-likeness (QED) is 0.270. The summed E-state index contributed by atoms with van der Waals surface area (Å²) in [5.74, 6) is 2.69. The topological polar surface area (TPSA) is 68.8 Å². The summed E-state index contributed by atoms with van der Waals surface area (Å²) in [4.78, 5) is 0. The second kappa shape index (κ2) is 11.2. The Morgan fingerprint density at radius 3 is 2.60 bits per heavy atom. The van der Waals surface area contributed by atoms with Crippen LogP contribution in [0, 0.1) is 0 Å². The van der Waals surface area contributed by atoms with Crippen molar-refractivity contribution in [3.63, 3.8) is 0 Å². The highest BCUT2D eigenvalue weighted by Gasteiger charge is 2.08. The number of aromatic nitrogens is 4. The first-order chi connectivity index (χ1) is 14.3. The minimum atomic E-state index is 0. The van der Waals surface area contributed by atoms with E-state index < -0.39 is 0 Å². The zero-order valence-corrected chi connectivity index (χ0v) is 18.5. The number of tetrazole rings is 1. The summed E-state index contributed by atoms with van der Waals surface area (Å²) in [6.07, 6.45) is 0.997. The third-order valence-electron chi connectivity index (χ3n) is 4.26. The molecular formula is C21H21Cl2N5OS. The van der Waals surface area contributed by atoms with E-state index in [9.17, 15) is 0 Å². The number of hydrogen-bond donors (Lipinski definition) is 1. The molecule has 9 heteroatoms. The molecule has 1 N–H and O–H groups in total. The number of benzene rings is 2. The molecule has 0 aliphatic heterocycles. The zero-order valence-electron chi connectivity index (χ0n) is 16.1. The fourth-order valence-electron chi connectivity index (χ4n) is 2.81. The number of hydrogen-bond acceptors (Lipinski definition) is 6. The van der Waals surface area contributed by atoms with Gasteiger partial charge >= 0.3 is 0 Å². The molecule has 30 heavy (non-hydrogen) atoms. The van der Waals surface area contributed by atoms with E-state index in [1.807, 2.05) is 66.7 Å². The molecule has 0 atom stereocenters. The lowest BCUT2D eigenvalue weighted by Crippen LogP contribution is -2.14. The molecule has 0 unspecified atom stereocenters. The van der Waals surface area contributed by atoms with Gasteiger partial charge in [-0.15, -0.1) is 17.5 Å². The average molecular weight is 462 g/mol. The van der Waals surface area contributed by atoms with Crippen molar-refractivity contribution >= 4 is 35.8 Å². The number of thioether (sulfide) groups is 1. The van der Waals surface area contributed by atoms with Crippen LogP contribution in [-0.4, -0.2) is 32.5 Å². The van der Waals surface area contributed by atoms with Crippen molar-refractivity contribution in [2.24, 2.45) is 0 Å². The maximum absolute atomic E-state index is 5.93. The van der Waals surface area contributed by atoms with Crippen LogP contribution in [-0.2, 0) is 6.54 Å². The minimum absolute atomic E-state index is 0. The highest BCUT2D eigenvalue weighted by atomic mass is 35.5. The van der Waals surface area contributed by atoms with E-state index in [1.54, 1.807) is 16.4 Å². The second-order valence-corrected chi connectivity index (χ2v) is 7.86. The molecule has 0 aliphatic rings. The van der Waals surface area contributed by atoms with Crippen molar-refractivity contribution in [1.29, 1.82) is 0 Å². The number of halogens is 2. The SMILES string of the molecule is Cl.Clc1ccc(-c2ccc(CNCCCSc3nnnn3-c3ccccc3)o2)cc1. The van der Waals surface area contributed by atoms with E-state index >= 15 is 0 Å². The molecule has 0 saturated carbocycles. The van der Waals surface area contributed by atoms with Crippen molar-refractivity contribution in [2.45, 2.75) is 18.1 Å². The van der Waals surface area contributed by atoms with Crippen molar-refractivity contribution in [1.82, 2.24) is 25.5 Å². The average Bonchev–Trinajstić information content (AvgIpc) is 3.41. The molecule has 0 spiro atoms. The number of nitrogens with zero attached hydrogens (tertiary/aromatic N) is 4. The third kappa shape index (κ3) is 5.86. The van der Waals surface area contributed by atoms with Gasteiger partial charge in [-0.2, -0.15) is 4.68 Å². The molecule has 0 saturated heterocycles. The lowest BCUT2D eigenvalue weighted by Gasteiger charge is -2.05. The third-order valence-corrected chi connectivity index (χ3v) is 5.52. The van der Waals surface area contributed by atoms with Crippen molar-refractivity contribution in [3.05, 3.63) is 77.5 Å². The van der Waals surface area contributed by atoms with Crippen molar-refractivity contribution < 1.29 is 4.42 Å². The van der Waals surface area contributed by atoms with Gasteiger partial charge in [-0.05, 0) is 71.9 Å². The largest absolute Gasteiger partial charge is 0.460 e. The minimum Gasteiger partial charge on any atom is -0.460 e. The molecule has 0 aliphatic carbocycles. The first-order valence-corrected chi connectivity index (χ1v) is 10.7. The molecular weight excluding hydrogens is 441 g/mol. The molecule has 2 aromatic heterocycles. The molecule has 0 amide bonds. The Hall–Kier alpha value is -2.32. The van der Waals surface area contributed by atoms with Gasteiger partial charge < -0.3 is 9.73 Å². The lowest BCUT2D eigenvalue weighted by atomic mass is 10.2. The van der Waals surface area contributed by atoms with E-state index in [-0.39, 0.29) is 12.4 Å². The van der Waals surface area contributed by atoms with Crippen LogP contribution < -0.4 is 5.32 Å². The van der Waals surface area contributed by atoms with Crippen LogP contribution in [0.25, 0.3) is 17.0 Å². The van der Waals surface area contributed by atoms with Gasteiger partial charge in [-0.1, -0.05) is 41.6 Å². The summed E-state index contributed by atoms with van der Waals surface area (Å²) in [5, 5.41) is 16.9. The van der Waals surface area contributed by atoms with Gasteiger partial charge in [0.2, 0.25) is 5.16 Å². The fraction of sp³-hybridized carbons (Fsp3) is 0.190.